The zero-order valence-electron chi connectivity index (χ0n) is 15.7. The average Bonchev–Trinajstić information content (AvgIpc) is 3.45. The lowest BCUT2D eigenvalue weighted by Gasteiger charge is -2.20. The minimum atomic E-state index is -0.306. The van der Waals surface area contributed by atoms with E-state index in [2.05, 4.69) is 10.4 Å². The molecule has 2 aromatic carbocycles. The summed E-state index contributed by atoms with van der Waals surface area (Å²) in [5.74, 6) is 0.819. The van der Waals surface area contributed by atoms with Gasteiger partial charge in [0.15, 0.2) is 11.5 Å². The molecule has 0 aliphatic carbocycles. The number of nitrogens with zero attached hydrogens (tertiary/aromatic N) is 2. The molecule has 30 heavy (non-hydrogen) atoms. The fourth-order valence-corrected chi connectivity index (χ4v) is 4.12. The number of benzene rings is 2. The number of ether oxygens (including phenoxy) is 2. The molecule has 2 aromatic heterocycles. The third kappa shape index (κ3) is 3.53. The highest BCUT2D eigenvalue weighted by Gasteiger charge is 2.22. The molecule has 0 saturated carbocycles. The number of hydrogen-bond donors (Lipinski definition) is 1. The van der Waals surface area contributed by atoms with Gasteiger partial charge in [0.25, 0.3) is 5.91 Å². The Labute approximate surface area is 181 Å². The molecule has 1 aliphatic heterocycles. The van der Waals surface area contributed by atoms with Gasteiger partial charge in [0.05, 0.1) is 26.8 Å². The van der Waals surface area contributed by atoms with Crippen LogP contribution < -0.4 is 14.8 Å². The molecule has 1 amide bonds. The van der Waals surface area contributed by atoms with Crippen LogP contribution in [0.4, 0.5) is 5.69 Å². The van der Waals surface area contributed by atoms with E-state index in [0.29, 0.717) is 46.7 Å². The van der Waals surface area contributed by atoms with Gasteiger partial charge in [-0.05, 0) is 23.6 Å². The number of fused-ring (bicyclic) bond motifs is 1. The number of nitrogens with one attached hydrogen (secondary N) is 1. The summed E-state index contributed by atoms with van der Waals surface area (Å²) < 4.78 is 12.8. The maximum absolute atomic E-state index is 13.2. The molecule has 0 unspecified atom stereocenters. The Morgan fingerprint density at radius 1 is 1.07 bits per heavy atom. The molecule has 1 aliphatic rings. The Hall–Kier alpha value is -3.29. The fraction of sp³-hybridized carbons (Fsp3) is 0.0909. The quantitative estimate of drug-likeness (QED) is 0.472. The summed E-state index contributed by atoms with van der Waals surface area (Å²) in [5, 5.41) is 9.89. The lowest BCUT2D eigenvalue weighted by atomic mass is 10.2. The molecular formula is C22H16ClN3O3S. The van der Waals surface area contributed by atoms with Crippen molar-refractivity contribution in [3.05, 3.63) is 76.8 Å². The molecule has 3 heterocycles. The number of aromatic nitrogens is 2. The molecule has 6 nitrogen and oxygen atoms in total. The third-order valence-electron chi connectivity index (χ3n) is 4.61. The van der Waals surface area contributed by atoms with Crippen molar-refractivity contribution in [2.24, 2.45) is 0 Å². The Morgan fingerprint density at radius 3 is 2.57 bits per heavy atom. The van der Waals surface area contributed by atoms with Crippen LogP contribution in [0.3, 0.4) is 0 Å². The molecule has 8 heteroatoms. The van der Waals surface area contributed by atoms with Gasteiger partial charge in [0.2, 0.25) is 0 Å². The summed E-state index contributed by atoms with van der Waals surface area (Å²) in [6.07, 6.45) is 1.73. The monoisotopic (exact) mass is 437 g/mol. The summed E-state index contributed by atoms with van der Waals surface area (Å²) in [6.45, 7) is 0.923. The topological polar surface area (TPSA) is 65.4 Å². The first-order chi connectivity index (χ1) is 14.7. The van der Waals surface area contributed by atoms with E-state index in [9.17, 15) is 4.79 Å². The van der Waals surface area contributed by atoms with Crippen molar-refractivity contribution in [2.45, 2.75) is 0 Å². The van der Waals surface area contributed by atoms with E-state index in [-0.39, 0.29) is 5.91 Å². The van der Waals surface area contributed by atoms with Crippen LogP contribution in [0, 0.1) is 0 Å². The van der Waals surface area contributed by atoms with E-state index in [4.69, 9.17) is 21.1 Å². The highest BCUT2D eigenvalue weighted by atomic mass is 35.5. The number of hydrogen-bond acceptors (Lipinski definition) is 5. The van der Waals surface area contributed by atoms with Crippen molar-refractivity contribution >= 4 is 34.5 Å². The summed E-state index contributed by atoms with van der Waals surface area (Å²) >= 11 is 7.89. The number of anilines is 1. The first-order valence-corrected chi connectivity index (χ1v) is 10.5. The lowest BCUT2D eigenvalue weighted by Crippen LogP contribution is -2.17. The van der Waals surface area contributed by atoms with Gasteiger partial charge in [0.1, 0.15) is 18.9 Å². The van der Waals surface area contributed by atoms with Gasteiger partial charge in [0, 0.05) is 18.3 Å². The number of halogens is 1. The number of thiophene rings is 1. The van der Waals surface area contributed by atoms with Crippen LogP contribution in [-0.4, -0.2) is 28.9 Å². The number of rotatable bonds is 4. The highest BCUT2D eigenvalue weighted by Crippen LogP contribution is 2.38. The van der Waals surface area contributed by atoms with Crippen LogP contribution in [0.2, 0.25) is 5.02 Å². The zero-order valence-corrected chi connectivity index (χ0v) is 17.2. The van der Waals surface area contributed by atoms with Crippen LogP contribution in [0.15, 0.2) is 66.2 Å². The minimum Gasteiger partial charge on any atom is -0.486 e. The Morgan fingerprint density at radius 2 is 1.83 bits per heavy atom. The zero-order chi connectivity index (χ0) is 20.5. The van der Waals surface area contributed by atoms with Crippen molar-refractivity contribution < 1.29 is 14.3 Å². The molecule has 0 atom stereocenters. The van der Waals surface area contributed by atoms with Crippen LogP contribution in [-0.2, 0) is 0 Å². The highest BCUT2D eigenvalue weighted by molar-refractivity contribution is 7.13. The Kier molecular flexibility index (Phi) is 4.90. The molecule has 4 aromatic rings. The third-order valence-corrected chi connectivity index (χ3v) is 5.80. The minimum absolute atomic E-state index is 0.306. The number of amides is 1. The predicted molar refractivity (Wildman–Crippen MR) is 117 cm³/mol. The van der Waals surface area contributed by atoms with Crippen molar-refractivity contribution in [3.63, 3.8) is 0 Å². The molecule has 0 radical (unpaired) electrons. The molecule has 1 N–H and O–H groups in total. The molecule has 0 saturated heterocycles. The van der Waals surface area contributed by atoms with Gasteiger partial charge in [-0.15, -0.1) is 11.3 Å². The van der Waals surface area contributed by atoms with E-state index < -0.39 is 0 Å². The van der Waals surface area contributed by atoms with Crippen LogP contribution >= 0.6 is 22.9 Å². The Bertz CT molecular complexity index is 1210. The normalized spacial score (nSPS) is 12.6. The molecule has 0 fully saturated rings. The van der Waals surface area contributed by atoms with Gasteiger partial charge in [-0.1, -0.05) is 35.9 Å². The Balaban J connectivity index is 1.52. The second kappa shape index (κ2) is 7.85. The van der Waals surface area contributed by atoms with Crippen molar-refractivity contribution in [2.75, 3.05) is 18.5 Å². The van der Waals surface area contributed by atoms with E-state index in [0.717, 1.165) is 10.6 Å². The maximum Gasteiger partial charge on any atom is 0.259 e. The molecule has 0 bridgehead atoms. The van der Waals surface area contributed by atoms with Crippen LogP contribution in [0.1, 0.15) is 10.4 Å². The smallest absolute Gasteiger partial charge is 0.259 e. The molecule has 0 spiro atoms. The van der Waals surface area contributed by atoms with Crippen molar-refractivity contribution in [3.8, 4) is 27.8 Å². The van der Waals surface area contributed by atoms with Gasteiger partial charge >= 0.3 is 0 Å². The predicted octanol–water partition coefficient (Wildman–Crippen LogP) is 5.28. The maximum atomic E-state index is 13.2. The summed E-state index contributed by atoms with van der Waals surface area (Å²) in [5.41, 5.74) is 2.38. The van der Waals surface area contributed by atoms with Gasteiger partial charge in [-0.3, -0.25) is 4.79 Å². The summed E-state index contributed by atoms with van der Waals surface area (Å²) in [6, 6.07) is 16.9. The summed E-state index contributed by atoms with van der Waals surface area (Å²) in [4.78, 5) is 14.1. The second-order valence-corrected chi connectivity index (χ2v) is 7.93. The number of carbonyl (C=O) groups excluding carboxylic acids is 1. The number of para-hydroxylation sites is 1. The second-order valence-electron chi connectivity index (χ2n) is 6.58. The van der Waals surface area contributed by atoms with Crippen molar-refractivity contribution in [1.29, 1.82) is 0 Å². The van der Waals surface area contributed by atoms with Gasteiger partial charge < -0.3 is 14.8 Å². The molecular weight excluding hydrogens is 422 g/mol. The number of carbonyl (C=O) groups is 1. The average molecular weight is 438 g/mol. The van der Waals surface area contributed by atoms with E-state index in [1.165, 1.54) is 11.3 Å². The van der Waals surface area contributed by atoms with Gasteiger partial charge in [-0.25, -0.2) is 4.68 Å². The first-order valence-electron chi connectivity index (χ1n) is 9.28. The molecule has 5 rings (SSSR count). The largest absolute Gasteiger partial charge is 0.486 e. The SMILES string of the molecule is O=C(Nc1cc2c(cc1Cl)OCCO2)c1cn(-c2ccccc2)nc1-c1cccs1. The first kappa shape index (κ1) is 18.7. The standard InChI is InChI=1S/C22H16ClN3O3S/c23-16-11-18-19(29-9-8-28-18)12-17(16)24-22(27)15-13-26(14-5-2-1-3-6-14)25-21(15)20-7-4-10-30-20/h1-7,10-13H,8-9H2,(H,24,27). The van der Waals surface area contributed by atoms with Crippen molar-refractivity contribution in [1.82, 2.24) is 9.78 Å². The van der Waals surface area contributed by atoms with Crippen LogP contribution in [0.25, 0.3) is 16.3 Å². The van der Waals surface area contributed by atoms with Gasteiger partial charge in [-0.2, -0.15) is 5.10 Å². The van der Waals surface area contributed by atoms with E-state index >= 15 is 0 Å². The van der Waals surface area contributed by atoms with E-state index in [1.54, 1.807) is 23.0 Å². The fourth-order valence-electron chi connectivity index (χ4n) is 3.20. The van der Waals surface area contributed by atoms with E-state index in [1.807, 2.05) is 47.8 Å². The van der Waals surface area contributed by atoms with Crippen LogP contribution in [0.5, 0.6) is 11.5 Å². The molecule has 150 valence electrons. The lowest BCUT2D eigenvalue weighted by molar-refractivity contribution is 0.102. The summed E-state index contributed by atoms with van der Waals surface area (Å²) in [7, 11) is 0.